The Morgan fingerprint density at radius 2 is 2.35 bits per heavy atom. The van der Waals surface area contributed by atoms with Gasteiger partial charge in [-0.15, -0.1) is 0 Å². The SMILES string of the molecule is CNC(Cc1ccc(F)cc1Br)c1cn[nH]n1. The number of nitrogens with one attached hydrogen (secondary N) is 2. The first kappa shape index (κ1) is 12.2. The van der Waals surface area contributed by atoms with E-state index in [1.54, 1.807) is 12.3 Å². The van der Waals surface area contributed by atoms with E-state index in [9.17, 15) is 4.39 Å². The molecule has 2 aromatic rings. The number of hydrogen-bond donors (Lipinski definition) is 2. The molecule has 0 aliphatic carbocycles. The van der Waals surface area contributed by atoms with Gasteiger partial charge in [0.15, 0.2) is 0 Å². The van der Waals surface area contributed by atoms with E-state index in [0.29, 0.717) is 6.42 Å². The maximum absolute atomic E-state index is 13.0. The van der Waals surface area contributed by atoms with Crippen LogP contribution in [0.2, 0.25) is 0 Å². The van der Waals surface area contributed by atoms with Gasteiger partial charge in [0.1, 0.15) is 5.82 Å². The summed E-state index contributed by atoms with van der Waals surface area (Å²) in [5, 5.41) is 13.6. The van der Waals surface area contributed by atoms with E-state index in [2.05, 4.69) is 36.7 Å². The standard InChI is InChI=1S/C11H12BrFN4/c1-14-10(11-6-15-17-16-11)4-7-2-3-8(13)5-9(7)12/h2-3,5-6,10,14H,4H2,1H3,(H,15,16,17). The summed E-state index contributed by atoms with van der Waals surface area (Å²) in [4.78, 5) is 0. The van der Waals surface area contributed by atoms with Crippen LogP contribution in [0.1, 0.15) is 17.3 Å². The summed E-state index contributed by atoms with van der Waals surface area (Å²) < 4.78 is 13.7. The van der Waals surface area contributed by atoms with E-state index >= 15 is 0 Å². The van der Waals surface area contributed by atoms with Crippen LogP contribution in [-0.4, -0.2) is 22.5 Å². The van der Waals surface area contributed by atoms with Crippen LogP contribution < -0.4 is 5.32 Å². The van der Waals surface area contributed by atoms with Gasteiger partial charge in [-0.25, -0.2) is 4.39 Å². The van der Waals surface area contributed by atoms with E-state index in [1.165, 1.54) is 12.1 Å². The van der Waals surface area contributed by atoms with Gasteiger partial charge in [0.2, 0.25) is 0 Å². The highest BCUT2D eigenvalue weighted by Crippen LogP contribution is 2.23. The minimum atomic E-state index is -0.247. The van der Waals surface area contributed by atoms with Crippen molar-refractivity contribution < 1.29 is 4.39 Å². The fourth-order valence-electron chi connectivity index (χ4n) is 1.64. The van der Waals surface area contributed by atoms with Crippen LogP contribution >= 0.6 is 15.9 Å². The van der Waals surface area contributed by atoms with Crippen molar-refractivity contribution in [2.45, 2.75) is 12.5 Å². The molecule has 0 radical (unpaired) electrons. The van der Waals surface area contributed by atoms with Crippen LogP contribution in [0.15, 0.2) is 28.9 Å². The zero-order chi connectivity index (χ0) is 12.3. The second-order valence-electron chi connectivity index (χ2n) is 3.68. The van der Waals surface area contributed by atoms with Crippen molar-refractivity contribution >= 4 is 15.9 Å². The third kappa shape index (κ3) is 2.89. The van der Waals surface area contributed by atoms with Crippen molar-refractivity contribution in [2.24, 2.45) is 0 Å². The van der Waals surface area contributed by atoms with E-state index in [-0.39, 0.29) is 11.9 Å². The normalized spacial score (nSPS) is 12.6. The Labute approximate surface area is 107 Å². The molecule has 1 unspecified atom stereocenters. The lowest BCUT2D eigenvalue weighted by Gasteiger charge is -2.14. The Kier molecular flexibility index (Phi) is 3.86. The number of aromatic amines is 1. The van der Waals surface area contributed by atoms with Crippen LogP contribution in [-0.2, 0) is 6.42 Å². The summed E-state index contributed by atoms with van der Waals surface area (Å²) in [6.07, 6.45) is 2.39. The predicted molar refractivity (Wildman–Crippen MR) is 66.0 cm³/mol. The van der Waals surface area contributed by atoms with Crippen LogP contribution in [0, 0.1) is 5.82 Å². The van der Waals surface area contributed by atoms with Gasteiger partial charge in [0, 0.05) is 4.47 Å². The molecule has 17 heavy (non-hydrogen) atoms. The summed E-state index contributed by atoms with van der Waals surface area (Å²) in [5.41, 5.74) is 1.86. The van der Waals surface area contributed by atoms with Crippen molar-refractivity contribution in [1.82, 2.24) is 20.7 Å². The molecule has 4 nitrogen and oxygen atoms in total. The second kappa shape index (κ2) is 5.37. The first-order valence-electron chi connectivity index (χ1n) is 5.17. The molecule has 0 aliphatic heterocycles. The Balaban J connectivity index is 2.19. The number of likely N-dealkylation sites (N-methyl/N-ethyl adjacent to an activating group) is 1. The van der Waals surface area contributed by atoms with Crippen molar-refractivity contribution in [3.05, 3.63) is 45.9 Å². The average Bonchev–Trinajstić information content (AvgIpc) is 2.81. The van der Waals surface area contributed by atoms with E-state index in [4.69, 9.17) is 0 Å². The molecule has 2 rings (SSSR count). The number of hydrogen-bond acceptors (Lipinski definition) is 3. The smallest absolute Gasteiger partial charge is 0.124 e. The van der Waals surface area contributed by atoms with Crippen molar-refractivity contribution in [1.29, 1.82) is 0 Å². The first-order chi connectivity index (χ1) is 8.20. The summed E-state index contributed by atoms with van der Waals surface area (Å²) in [7, 11) is 1.86. The molecule has 1 heterocycles. The van der Waals surface area contributed by atoms with Crippen LogP contribution in [0.5, 0.6) is 0 Å². The fourth-order valence-corrected chi connectivity index (χ4v) is 2.15. The fraction of sp³-hybridized carbons (Fsp3) is 0.273. The molecule has 0 bridgehead atoms. The van der Waals surface area contributed by atoms with E-state index < -0.39 is 0 Å². The molecule has 0 spiro atoms. The molecule has 1 aromatic heterocycles. The quantitative estimate of drug-likeness (QED) is 0.910. The Bertz CT molecular complexity index is 486. The maximum atomic E-state index is 13.0. The number of nitrogens with zero attached hydrogens (tertiary/aromatic N) is 2. The van der Waals surface area contributed by atoms with Gasteiger partial charge in [-0.2, -0.15) is 15.4 Å². The first-order valence-corrected chi connectivity index (χ1v) is 5.97. The number of rotatable bonds is 4. The number of H-pyrrole nitrogens is 1. The molecule has 0 aliphatic rings. The molecule has 6 heteroatoms. The van der Waals surface area contributed by atoms with Crippen LogP contribution in [0.25, 0.3) is 0 Å². The van der Waals surface area contributed by atoms with Gasteiger partial charge in [0.05, 0.1) is 17.9 Å². The monoisotopic (exact) mass is 298 g/mol. The second-order valence-corrected chi connectivity index (χ2v) is 4.53. The molecule has 2 N–H and O–H groups in total. The third-order valence-corrected chi connectivity index (χ3v) is 3.32. The minimum absolute atomic E-state index is 0.0514. The highest BCUT2D eigenvalue weighted by atomic mass is 79.9. The third-order valence-electron chi connectivity index (χ3n) is 2.58. The topological polar surface area (TPSA) is 53.6 Å². The molecule has 0 saturated carbocycles. The molecule has 90 valence electrons. The summed E-state index contributed by atoms with van der Waals surface area (Å²) in [6.45, 7) is 0. The molecular weight excluding hydrogens is 287 g/mol. The maximum Gasteiger partial charge on any atom is 0.124 e. The predicted octanol–water partition coefficient (Wildman–Crippen LogP) is 2.21. The number of aromatic nitrogens is 3. The lowest BCUT2D eigenvalue weighted by molar-refractivity contribution is 0.571. The van der Waals surface area contributed by atoms with Crippen LogP contribution in [0.3, 0.4) is 0 Å². The van der Waals surface area contributed by atoms with Crippen molar-refractivity contribution in [3.8, 4) is 0 Å². The largest absolute Gasteiger partial charge is 0.311 e. The lowest BCUT2D eigenvalue weighted by Crippen LogP contribution is -2.19. The Hall–Kier alpha value is -1.27. The summed E-state index contributed by atoms with van der Waals surface area (Å²) >= 11 is 3.36. The number of halogens is 2. The molecule has 1 atom stereocenters. The molecule has 0 amide bonds. The molecule has 0 saturated heterocycles. The van der Waals surface area contributed by atoms with Gasteiger partial charge in [-0.05, 0) is 31.2 Å². The van der Waals surface area contributed by atoms with Gasteiger partial charge in [0.25, 0.3) is 0 Å². The highest BCUT2D eigenvalue weighted by molar-refractivity contribution is 9.10. The highest BCUT2D eigenvalue weighted by Gasteiger charge is 2.14. The average molecular weight is 299 g/mol. The number of benzene rings is 1. The summed E-state index contributed by atoms with van der Waals surface area (Å²) in [6, 6.07) is 4.74. The van der Waals surface area contributed by atoms with Gasteiger partial charge in [-0.3, -0.25) is 0 Å². The zero-order valence-corrected chi connectivity index (χ0v) is 10.8. The van der Waals surface area contributed by atoms with E-state index in [0.717, 1.165) is 15.7 Å². The summed E-state index contributed by atoms with van der Waals surface area (Å²) in [5.74, 6) is -0.247. The van der Waals surface area contributed by atoms with E-state index in [1.807, 2.05) is 7.05 Å². The minimum Gasteiger partial charge on any atom is -0.311 e. The van der Waals surface area contributed by atoms with Gasteiger partial charge >= 0.3 is 0 Å². The lowest BCUT2D eigenvalue weighted by atomic mass is 10.0. The van der Waals surface area contributed by atoms with Crippen molar-refractivity contribution in [3.63, 3.8) is 0 Å². The van der Waals surface area contributed by atoms with Gasteiger partial charge < -0.3 is 5.32 Å². The molecule has 0 fully saturated rings. The Morgan fingerprint density at radius 3 is 2.94 bits per heavy atom. The molecule has 1 aromatic carbocycles. The Morgan fingerprint density at radius 1 is 1.53 bits per heavy atom. The van der Waals surface area contributed by atoms with Crippen molar-refractivity contribution in [2.75, 3.05) is 7.05 Å². The van der Waals surface area contributed by atoms with Gasteiger partial charge in [-0.1, -0.05) is 22.0 Å². The zero-order valence-electron chi connectivity index (χ0n) is 9.24. The van der Waals surface area contributed by atoms with Crippen LogP contribution in [0.4, 0.5) is 4.39 Å². The molecular formula is C11H12BrFN4.